The summed E-state index contributed by atoms with van der Waals surface area (Å²) in [6, 6.07) is 7.75. The normalized spacial score (nSPS) is 18.3. The van der Waals surface area contributed by atoms with Crippen LogP contribution in [0.5, 0.6) is 0 Å². The first kappa shape index (κ1) is 18.5. The summed E-state index contributed by atoms with van der Waals surface area (Å²) in [6.07, 6.45) is 6.41. The van der Waals surface area contributed by atoms with Crippen molar-refractivity contribution in [2.75, 3.05) is 7.11 Å². The molecule has 1 saturated carbocycles. The van der Waals surface area contributed by atoms with Crippen LogP contribution in [0, 0.1) is 17.8 Å². The molecule has 1 aromatic rings. The van der Waals surface area contributed by atoms with Gasteiger partial charge in [-0.25, -0.2) is 0 Å². The zero-order chi connectivity index (χ0) is 17.6. The molecule has 0 saturated heterocycles. The Morgan fingerprint density at radius 1 is 1.33 bits per heavy atom. The van der Waals surface area contributed by atoms with E-state index in [9.17, 15) is 9.90 Å². The second kappa shape index (κ2) is 8.35. The molecule has 2 unspecified atom stereocenters. The van der Waals surface area contributed by atoms with Crippen LogP contribution in [0.25, 0.3) is 0 Å². The number of rotatable bonds is 5. The number of hydrogen-bond acceptors (Lipinski definition) is 3. The van der Waals surface area contributed by atoms with Crippen molar-refractivity contribution in [2.24, 2.45) is 5.92 Å². The molecule has 130 valence electrons. The van der Waals surface area contributed by atoms with Crippen molar-refractivity contribution in [3.63, 3.8) is 0 Å². The molecule has 1 aliphatic rings. The van der Waals surface area contributed by atoms with Gasteiger partial charge in [-0.2, -0.15) is 0 Å². The SMILES string of the molecule is CCC(C)(O)C#Cc1ccc(C(CC2CCCC2)C(=O)OC)cc1. The van der Waals surface area contributed by atoms with E-state index >= 15 is 0 Å². The molecular weight excluding hydrogens is 300 g/mol. The van der Waals surface area contributed by atoms with E-state index in [1.807, 2.05) is 31.2 Å². The van der Waals surface area contributed by atoms with Crippen molar-refractivity contribution < 1.29 is 14.6 Å². The van der Waals surface area contributed by atoms with Gasteiger partial charge in [0, 0.05) is 5.56 Å². The lowest BCUT2D eigenvalue weighted by Crippen LogP contribution is -2.19. The molecule has 1 fully saturated rings. The zero-order valence-electron chi connectivity index (χ0n) is 15.0. The Balaban J connectivity index is 2.14. The molecule has 3 nitrogen and oxygen atoms in total. The second-order valence-electron chi connectivity index (χ2n) is 6.96. The molecule has 1 N–H and O–H groups in total. The third-order valence-corrected chi connectivity index (χ3v) is 5.01. The largest absolute Gasteiger partial charge is 0.469 e. The predicted octanol–water partition coefficient (Wildman–Crippen LogP) is 4.04. The number of benzene rings is 1. The van der Waals surface area contributed by atoms with Gasteiger partial charge < -0.3 is 9.84 Å². The van der Waals surface area contributed by atoms with E-state index < -0.39 is 5.60 Å². The molecule has 0 bridgehead atoms. The molecule has 0 radical (unpaired) electrons. The van der Waals surface area contributed by atoms with Gasteiger partial charge in [0.1, 0.15) is 5.60 Å². The molecule has 0 aliphatic heterocycles. The summed E-state index contributed by atoms with van der Waals surface area (Å²) in [4.78, 5) is 12.2. The third-order valence-electron chi connectivity index (χ3n) is 5.01. The van der Waals surface area contributed by atoms with Crippen LogP contribution in [-0.2, 0) is 9.53 Å². The van der Waals surface area contributed by atoms with Crippen molar-refractivity contribution in [3.8, 4) is 11.8 Å². The van der Waals surface area contributed by atoms with E-state index in [0.29, 0.717) is 12.3 Å². The Morgan fingerprint density at radius 3 is 2.50 bits per heavy atom. The third kappa shape index (κ3) is 5.11. The maximum atomic E-state index is 12.2. The molecule has 2 rings (SSSR count). The Bertz CT molecular complexity index is 598. The Labute approximate surface area is 145 Å². The van der Waals surface area contributed by atoms with Crippen LogP contribution in [0.4, 0.5) is 0 Å². The first-order chi connectivity index (χ1) is 11.4. The van der Waals surface area contributed by atoms with Crippen LogP contribution in [0.1, 0.15) is 69.4 Å². The maximum absolute atomic E-state index is 12.2. The highest BCUT2D eigenvalue weighted by atomic mass is 16.5. The number of aliphatic hydroxyl groups is 1. The van der Waals surface area contributed by atoms with Crippen molar-refractivity contribution in [1.82, 2.24) is 0 Å². The van der Waals surface area contributed by atoms with Gasteiger partial charge in [0.05, 0.1) is 13.0 Å². The molecule has 0 amide bonds. The maximum Gasteiger partial charge on any atom is 0.313 e. The van der Waals surface area contributed by atoms with Crippen LogP contribution < -0.4 is 0 Å². The highest BCUT2D eigenvalue weighted by Gasteiger charge is 2.27. The minimum Gasteiger partial charge on any atom is -0.469 e. The zero-order valence-corrected chi connectivity index (χ0v) is 15.0. The molecule has 1 aromatic carbocycles. The summed E-state index contributed by atoms with van der Waals surface area (Å²) >= 11 is 0. The van der Waals surface area contributed by atoms with Gasteiger partial charge in [0.2, 0.25) is 0 Å². The Kier molecular flexibility index (Phi) is 6.45. The molecule has 2 atom stereocenters. The van der Waals surface area contributed by atoms with E-state index in [1.165, 1.54) is 32.8 Å². The van der Waals surface area contributed by atoms with E-state index in [2.05, 4.69) is 11.8 Å². The minimum absolute atomic E-state index is 0.158. The molecule has 3 heteroatoms. The van der Waals surface area contributed by atoms with Crippen LogP contribution in [-0.4, -0.2) is 23.8 Å². The first-order valence-corrected chi connectivity index (χ1v) is 8.88. The van der Waals surface area contributed by atoms with Crippen LogP contribution in [0.3, 0.4) is 0 Å². The number of carbonyl (C=O) groups is 1. The highest BCUT2D eigenvalue weighted by Crippen LogP contribution is 2.34. The van der Waals surface area contributed by atoms with Gasteiger partial charge >= 0.3 is 5.97 Å². The fourth-order valence-electron chi connectivity index (χ4n) is 3.18. The smallest absolute Gasteiger partial charge is 0.313 e. The van der Waals surface area contributed by atoms with Crippen molar-refractivity contribution in [3.05, 3.63) is 35.4 Å². The highest BCUT2D eigenvalue weighted by molar-refractivity contribution is 5.78. The fraction of sp³-hybridized carbons (Fsp3) is 0.571. The van der Waals surface area contributed by atoms with E-state index in [1.54, 1.807) is 6.92 Å². The quantitative estimate of drug-likeness (QED) is 0.655. The second-order valence-corrected chi connectivity index (χ2v) is 6.96. The summed E-state index contributed by atoms with van der Waals surface area (Å²) < 4.78 is 5.01. The Hall–Kier alpha value is -1.79. The van der Waals surface area contributed by atoms with E-state index in [0.717, 1.165) is 17.5 Å². The topological polar surface area (TPSA) is 46.5 Å². The number of carbonyl (C=O) groups excluding carboxylic acids is 1. The first-order valence-electron chi connectivity index (χ1n) is 8.88. The lowest BCUT2D eigenvalue weighted by Gasteiger charge is -2.19. The van der Waals surface area contributed by atoms with Crippen molar-refractivity contribution in [2.45, 2.75) is 63.9 Å². The molecule has 24 heavy (non-hydrogen) atoms. The fourth-order valence-corrected chi connectivity index (χ4v) is 3.18. The minimum atomic E-state index is -0.963. The number of hydrogen-bond donors (Lipinski definition) is 1. The number of methoxy groups -OCH3 is 1. The Morgan fingerprint density at radius 2 is 1.96 bits per heavy atom. The predicted molar refractivity (Wildman–Crippen MR) is 95.6 cm³/mol. The van der Waals surface area contributed by atoms with E-state index in [-0.39, 0.29) is 11.9 Å². The average Bonchev–Trinajstić information content (AvgIpc) is 3.11. The van der Waals surface area contributed by atoms with Gasteiger partial charge in [-0.15, -0.1) is 0 Å². The van der Waals surface area contributed by atoms with Gasteiger partial charge in [-0.1, -0.05) is 56.6 Å². The summed E-state index contributed by atoms with van der Waals surface area (Å²) in [5.74, 6) is 6.15. The van der Waals surface area contributed by atoms with Gasteiger partial charge in [0.25, 0.3) is 0 Å². The summed E-state index contributed by atoms with van der Waals surface area (Å²) in [6.45, 7) is 3.62. The summed E-state index contributed by atoms with van der Waals surface area (Å²) in [7, 11) is 1.46. The van der Waals surface area contributed by atoms with E-state index in [4.69, 9.17) is 4.74 Å². The number of esters is 1. The molecule has 0 spiro atoms. The molecular formula is C21H28O3. The van der Waals surface area contributed by atoms with Crippen molar-refractivity contribution >= 4 is 5.97 Å². The van der Waals surface area contributed by atoms with Gasteiger partial charge in [-0.3, -0.25) is 4.79 Å². The lowest BCUT2D eigenvalue weighted by molar-refractivity contribution is -0.142. The number of ether oxygens (including phenoxy) is 1. The summed E-state index contributed by atoms with van der Waals surface area (Å²) in [5, 5.41) is 9.96. The summed E-state index contributed by atoms with van der Waals surface area (Å²) in [5.41, 5.74) is 0.869. The van der Waals surface area contributed by atoms with Crippen LogP contribution >= 0.6 is 0 Å². The van der Waals surface area contributed by atoms with Gasteiger partial charge in [-0.05, 0) is 43.4 Å². The van der Waals surface area contributed by atoms with Gasteiger partial charge in [0.15, 0.2) is 0 Å². The standard InChI is InChI=1S/C21H28O3/c1-4-21(2,23)14-13-16-9-11-18(12-10-16)19(20(22)24-3)15-17-7-5-6-8-17/h9-12,17,19,23H,4-8,15H2,1-3H3. The molecule has 0 aromatic heterocycles. The molecule has 1 aliphatic carbocycles. The monoisotopic (exact) mass is 328 g/mol. The van der Waals surface area contributed by atoms with Crippen molar-refractivity contribution in [1.29, 1.82) is 0 Å². The molecule has 0 heterocycles. The lowest BCUT2D eigenvalue weighted by atomic mass is 9.87. The van der Waals surface area contributed by atoms with Crippen LogP contribution in [0.15, 0.2) is 24.3 Å². The van der Waals surface area contributed by atoms with Crippen LogP contribution in [0.2, 0.25) is 0 Å². The average molecular weight is 328 g/mol.